The molecule has 42 heavy (non-hydrogen) atoms. The van der Waals surface area contributed by atoms with Crippen molar-refractivity contribution in [2.75, 3.05) is 38.7 Å². The molecule has 0 bridgehead atoms. The molecule has 0 aliphatic carbocycles. The van der Waals surface area contributed by atoms with Crippen LogP contribution in [0.25, 0.3) is 0 Å². The van der Waals surface area contributed by atoms with Gasteiger partial charge in [0.1, 0.15) is 23.6 Å². The molecular formula is C32H43N7O3. The molecule has 4 N–H and O–H groups in total. The molecule has 1 aromatic heterocycles. The number of nitrogens with zero attached hydrogens (tertiary/aromatic N) is 3. The molecule has 1 unspecified atom stereocenters. The minimum Gasteiger partial charge on any atom is -0.494 e. The highest BCUT2D eigenvalue weighted by molar-refractivity contribution is 6.06. The van der Waals surface area contributed by atoms with Crippen LogP contribution in [0, 0.1) is 10.8 Å². The van der Waals surface area contributed by atoms with E-state index in [0.717, 1.165) is 56.6 Å². The molecule has 2 aromatic carbocycles. The number of aromatic nitrogens is 2. The predicted octanol–water partition coefficient (Wildman–Crippen LogP) is 5.68. The van der Waals surface area contributed by atoms with Gasteiger partial charge in [-0.3, -0.25) is 15.6 Å². The van der Waals surface area contributed by atoms with Crippen molar-refractivity contribution in [3.8, 4) is 5.75 Å². The molecule has 0 aliphatic heterocycles. The number of carbonyl (C=O) groups is 1. The van der Waals surface area contributed by atoms with Gasteiger partial charge >= 0.3 is 0 Å². The van der Waals surface area contributed by atoms with Crippen LogP contribution < -0.4 is 15.4 Å². The Bertz CT molecular complexity index is 1270. The lowest BCUT2D eigenvalue weighted by molar-refractivity contribution is 0.0940. The summed E-state index contributed by atoms with van der Waals surface area (Å²) in [5.41, 5.74) is 2.63. The Morgan fingerprint density at radius 2 is 1.76 bits per heavy atom. The predicted molar refractivity (Wildman–Crippen MR) is 167 cm³/mol. The minimum atomic E-state index is -0.190. The first kappa shape index (κ1) is 32.2. The maximum Gasteiger partial charge on any atom is 0.251 e. The van der Waals surface area contributed by atoms with Gasteiger partial charge in [0, 0.05) is 37.7 Å². The molecule has 0 spiro atoms. The fourth-order valence-corrected chi connectivity index (χ4v) is 4.12. The molecule has 1 amide bonds. The highest BCUT2D eigenvalue weighted by atomic mass is 16.5. The van der Waals surface area contributed by atoms with Gasteiger partial charge in [0.05, 0.1) is 19.2 Å². The zero-order chi connectivity index (χ0) is 30.2. The number of anilines is 1. The lowest BCUT2D eigenvalue weighted by Crippen LogP contribution is -2.37. The normalized spacial score (nSPS) is 11.4. The summed E-state index contributed by atoms with van der Waals surface area (Å²) in [4.78, 5) is 22.3. The maximum absolute atomic E-state index is 13.0. The Balaban J connectivity index is 1.41. The van der Waals surface area contributed by atoms with E-state index in [1.165, 1.54) is 11.2 Å². The average Bonchev–Trinajstić information content (AvgIpc) is 3.02. The molecule has 0 fully saturated rings. The number of amidine groups is 2. The van der Waals surface area contributed by atoms with Crippen molar-refractivity contribution in [1.29, 1.82) is 10.8 Å². The molecule has 10 nitrogen and oxygen atoms in total. The summed E-state index contributed by atoms with van der Waals surface area (Å²) < 4.78 is 11.4. The summed E-state index contributed by atoms with van der Waals surface area (Å²) in [5.74, 6) is 0.919. The topological polar surface area (TPSA) is 136 Å². The van der Waals surface area contributed by atoms with E-state index in [2.05, 4.69) is 27.5 Å². The standard InChI is InChI=1S/C32H43N7O3/c1-4-18-41-19-7-5-6-8-20-42-28-14-12-25(13-15-28)24(2)38-32(40)26-10-9-11-27(21-26)36-22-30(33)39(3)31(34)29-16-17-35-23-37-29/h9-17,21,23-24,33-34,36H,4-8,18-20,22H2,1-3H3,(H,38,40). The average molecular weight is 574 g/mol. The number of likely N-dealkylation sites (N-methyl/N-ethyl adjacent to an activating group) is 1. The van der Waals surface area contributed by atoms with Gasteiger partial charge in [-0.1, -0.05) is 31.5 Å². The van der Waals surface area contributed by atoms with Gasteiger partial charge in [-0.25, -0.2) is 9.97 Å². The molecule has 0 aliphatic rings. The fourth-order valence-electron chi connectivity index (χ4n) is 4.12. The molecule has 0 radical (unpaired) electrons. The number of amides is 1. The van der Waals surface area contributed by atoms with Crippen molar-refractivity contribution in [2.45, 2.75) is 52.0 Å². The van der Waals surface area contributed by atoms with Crippen LogP contribution >= 0.6 is 0 Å². The highest BCUT2D eigenvalue weighted by Crippen LogP contribution is 2.19. The molecule has 3 rings (SSSR count). The van der Waals surface area contributed by atoms with Gasteiger partial charge in [0.2, 0.25) is 0 Å². The molecule has 3 aromatic rings. The Labute approximate surface area is 248 Å². The minimum absolute atomic E-state index is 0.102. The first-order valence-corrected chi connectivity index (χ1v) is 14.5. The van der Waals surface area contributed by atoms with Crippen molar-refractivity contribution in [1.82, 2.24) is 20.2 Å². The SMILES string of the molecule is CCCOCCCCCCOc1ccc(C(C)NC(=O)c2cccc(NCC(=N)N(C)C(=N)c3ccncn3)c2)cc1. The van der Waals surface area contributed by atoms with Gasteiger partial charge in [-0.05, 0) is 74.6 Å². The van der Waals surface area contributed by atoms with Crippen LogP contribution in [0.15, 0.2) is 67.1 Å². The molecule has 0 saturated heterocycles. The van der Waals surface area contributed by atoms with E-state index in [1.807, 2.05) is 37.3 Å². The van der Waals surface area contributed by atoms with E-state index in [9.17, 15) is 4.79 Å². The van der Waals surface area contributed by atoms with E-state index in [4.69, 9.17) is 20.3 Å². The van der Waals surface area contributed by atoms with Gasteiger partial charge < -0.3 is 25.0 Å². The van der Waals surface area contributed by atoms with Crippen LogP contribution in [-0.2, 0) is 4.74 Å². The zero-order valence-corrected chi connectivity index (χ0v) is 24.9. The third-order valence-electron chi connectivity index (χ3n) is 6.68. The van der Waals surface area contributed by atoms with Crippen LogP contribution in [0.2, 0.25) is 0 Å². The number of ether oxygens (including phenoxy) is 2. The Morgan fingerprint density at radius 3 is 2.48 bits per heavy atom. The van der Waals surface area contributed by atoms with E-state index in [0.29, 0.717) is 23.6 Å². The maximum atomic E-state index is 13.0. The van der Waals surface area contributed by atoms with Crippen molar-refractivity contribution in [2.24, 2.45) is 0 Å². The second-order valence-corrected chi connectivity index (χ2v) is 10.0. The summed E-state index contributed by atoms with van der Waals surface area (Å²) in [6.07, 6.45) is 8.39. The van der Waals surface area contributed by atoms with Crippen molar-refractivity contribution in [3.05, 3.63) is 83.9 Å². The van der Waals surface area contributed by atoms with E-state index in [-0.39, 0.29) is 30.2 Å². The van der Waals surface area contributed by atoms with Crippen LogP contribution in [0.4, 0.5) is 5.69 Å². The fraction of sp³-hybridized carbons (Fsp3) is 0.406. The number of benzene rings is 2. The van der Waals surface area contributed by atoms with Crippen molar-refractivity contribution < 1.29 is 14.3 Å². The summed E-state index contributed by atoms with van der Waals surface area (Å²) in [5, 5.41) is 22.8. The lowest BCUT2D eigenvalue weighted by atomic mass is 10.1. The third kappa shape index (κ3) is 10.6. The molecule has 1 heterocycles. The van der Waals surface area contributed by atoms with E-state index in [1.54, 1.807) is 37.5 Å². The van der Waals surface area contributed by atoms with Gasteiger partial charge in [0.25, 0.3) is 5.91 Å². The highest BCUT2D eigenvalue weighted by Gasteiger charge is 2.15. The monoisotopic (exact) mass is 573 g/mol. The van der Waals surface area contributed by atoms with Crippen LogP contribution in [0.1, 0.15) is 73.6 Å². The van der Waals surface area contributed by atoms with Gasteiger partial charge in [-0.15, -0.1) is 0 Å². The lowest BCUT2D eigenvalue weighted by Gasteiger charge is -2.21. The Morgan fingerprint density at radius 1 is 1.00 bits per heavy atom. The third-order valence-corrected chi connectivity index (χ3v) is 6.68. The van der Waals surface area contributed by atoms with Gasteiger partial charge in [0.15, 0.2) is 5.84 Å². The quantitative estimate of drug-likeness (QED) is 0.0926. The van der Waals surface area contributed by atoms with Crippen molar-refractivity contribution >= 4 is 23.3 Å². The van der Waals surface area contributed by atoms with Crippen molar-refractivity contribution in [3.63, 3.8) is 0 Å². The number of nitrogens with one attached hydrogen (secondary N) is 4. The number of unbranched alkanes of at least 4 members (excludes halogenated alkanes) is 3. The largest absolute Gasteiger partial charge is 0.494 e. The molecule has 224 valence electrons. The summed E-state index contributed by atoms with van der Waals surface area (Å²) in [6.45, 7) is 6.62. The second kappa shape index (κ2) is 17.5. The smallest absolute Gasteiger partial charge is 0.251 e. The molecule has 0 saturated carbocycles. The van der Waals surface area contributed by atoms with E-state index >= 15 is 0 Å². The summed E-state index contributed by atoms with van der Waals surface area (Å²) in [6, 6.07) is 16.4. The number of rotatable bonds is 17. The Kier molecular flexibility index (Phi) is 13.4. The zero-order valence-electron chi connectivity index (χ0n) is 24.9. The first-order chi connectivity index (χ1) is 20.4. The number of hydrogen-bond donors (Lipinski definition) is 4. The number of hydrogen-bond acceptors (Lipinski definition) is 8. The van der Waals surface area contributed by atoms with Crippen LogP contribution in [0.5, 0.6) is 5.75 Å². The van der Waals surface area contributed by atoms with Gasteiger partial charge in [-0.2, -0.15) is 0 Å². The second-order valence-electron chi connectivity index (χ2n) is 10.0. The molecule has 1 atom stereocenters. The van der Waals surface area contributed by atoms with Crippen LogP contribution in [0.3, 0.4) is 0 Å². The van der Waals surface area contributed by atoms with E-state index < -0.39 is 0 Å². The molecular weight excluding hydrogens is 530 g/mol. The number of carbonyl (C=O) groups excluding carboxylic acids is 1. The summed E-state index contributed by atoms with van der Waals surface area (Å²) in [7, 11) is 1.64. The first-order valence-electron chi connectivity index (χ1n) is 14.5. The van der Waals surface area contributed by atoms with Crippen LogP contribution in [-0.4, -0.2) is 65.9 Å². The Hall–Kier alpha value is -4.31. The molecule has 10 heteroatoms. The summed E-state index contributed by atoms with van der Waals surface area (Å²) >= 11 is 0.